The maximum absolute atomic E-state index is 12.9. The van der Waals surface area contributed by atoms with E-state index in [1.807, 2.05) is 18.2 Å². The summed E-state index contributed by atoms with van der Waals surface area (Å²) in [6.07, 6.45) is 1.96. The first-order valence-electron chi connectivity index (χ1n) is 8.39. The van der Waals surface area contributed by atoms with Crippen molar-refractivity contribution < 1.29 is 19.4 Å². The number of para-hydroxylation sites is 1. The first kappa shape index (κ1) is 17.0. The molecule has 0 bridgehead atoms. The molecule has 26 heavy (non-hydrogen) atoms. The number of ether oxygens (including phenoxy) is 1. The lowest BCUT2D eigenvalue weighted by molar-refractivity contribution is -0.147. The largest absolute Gasteiger partial charge is 0.480 e. The minimum absolute atomic E-state index is 0.0139. The van der Waals surface area contributed by atoms with E-state index in [4.69, 9.17) is 16.3 Å². The van der Waals surface area contributed by atoms with Gasteiger partial charge in [0.25, 0.3) is 5.91 Å². The van der Waals surface area contributed by atoms with Crippen molar-refractivity contribution in [3.8, 4) is 5.69 Å². The quantitative estimate of drug-likeness (QED) is 0.872. The number of carboxylic acids is 1. The van der Waals surface area contributed by atoms with E-state index in [9.17, 15) is 14.7 Å². The molecule has 2 aromatic rings. The molecule has 1 aliphatic heterocycles. The van der Waals surface area contributed by atoms with Crippen molar-refractivity contribution >= 4 is 23.5 Å². The van der Waals surface area contributed by atoms with Crippen molar-refractivity contribution in [1.82, 2.24) is 19.7 Å². The Bertz CT molecular complexity index is 864. The molecule has 1 N–H and O–H groups in total. The van der Waals surface area contributed by atoms with Crippen LogP contribution >= 0.6 is 11.6 Å². The van der Waals surface area contributed by atoms with E-state index in [0.29, 0.717) is 16.5 Å². The number of hydrogen-bond donors (Lipinski definition) is 1. The number of carbonyl (C=O) groups excluding carboxylic acids is 1. The van der Waals surface area contributed by atoms with E-state index in [0.717, 1.165) is 12.8 Å². The van der Waals surface area contributed by atoms with Gasteiger partial charge in [-0.2, -0.15) is 0 Å². The van der Waals surface area contributed by atoms with Gasteiger partial charge in [0.1, 0.15) is 5.82 Å². The smallest absolute Gasteiger partial charge is 0.328 e. The van der Waals surface area contributed by atoms with Gasteiger partial charge in [-0.05, 0) is 25.0 Å². The Labute approximate surface area is 154 Å². The van der Waals surface area contributed by atoms with Crippen LogP contribution in [-0.2, 0) is 9.53 Å². The molecule has 136 valence electrons. The summed E-state index contributed by atoms with van der Waals surface area (Å²) in [5.74, 6) is -0.707. The van der Waals surface area contributed by atoms with E-state index in [1.54, 1.807) is 10.7 Å². The van der Waals surface area contributed by atoms with Crippen LogP contribution in [0.1, 0.15) is 35.2 Å². The third kappa shape index (κ3) is 3.06. The van der Waals surface area contributed by atoms with Crippen LogP contribution in [0.25, 0.3) is 5.69 Å². The van der Waals surface area contributed by atoms with E-state index in [1.165, 1.54) is 4.90 Å². The van der Waals surface area contributed by atoms with Gasteiger partial charge in [0.2, 0.25) is 5.82 Å². The maximum Gasteiger partial charge on any atom is 0.328 e. The highest BCUT2D eigenvalue weighted by molar-refractivity contribution is 6.32. The lowest BCUT2D eigenvalue weighted by Crippen LogP contribution is -2.52. The number of nitrogens with zero attached hydrogens (tertiary/aromatic N) is 4. The fourth-order valence-corrected chi connectivity index (χ4v) is 3.22. The zero-order chi connectivity index (χ0) is 18.3. The Hall–Kier alpha value is -2.45. The van der Waals surface area contributed by atoms with Crippen LogP contribution in [0.2, 0.25) is 5.02 Å². The van der Waals surface area contributed by atoms with Crippen LogP contribution in [-0.4, -0.2) is 62.4 Å². The number of amides is 1. The Morgan fingerprint density at radius 2 is 2.04 bits per heavy atom. The lowest BCUT2D eigenvalue weighted by Gasteiger charge is -2.31. The number of rotatable bonds is 4. The number of morpholine rings is 1. The number of carbonyl (C=O) groups is 2. The predicted molar refractivity (Wildman–Crippen MR) is 91.6 cm³/mol. The fourth-order valence-electron chi connectivity index (χ4n) is 3.00. The molecule has 1 amide bonds. The molecule has 1 saturated carbocycles. The van der Waals surface area contributed by atoms with Crippen LogP contribution < -0.4 is 0 Å². The van der Waals surface area contributed by atoms with Gasteiger partial charge in [0.15, 0.2) is 6.04 Å². The van der Waals surface area contributed by atoms with Crippen LogP contribution in [0.5, 0.6) is 0 Å². The average molecular weight is 377 g/mol. The van der Waals surface area contributed by atoms with Crippen LogP contribution in [0.15, 0.2) is 24.3 Å². The number of carboxylic acid groups (broad SMARTS) is 1. The molecule has 1 aliphatic carbocycles. The first-order chi connectivity index (χ1) is 12.6. The normalized spacial score (nSPS) is 20.2. The summed E-state index contributed by atoms with van der Waals surface area (Å²) in [5, 5.41) is 14.2. The molecule has 9 heteroatoms. The molecule has 4 rings (SSSR count). The summed E-state index contributed by atoms with van der Waals surface area (Å²) in [4.78, 5) is 30.0. The van der Waals surface area contributed by atoms with Gasteiger partial charge < -0.3 is 14.7 Å². The number of hydrogen-bond acceptors (Lipinski definition) is 5. The number of halogens is 1. The highest BCUT2D eigenvalue weighted by atomic mass is 35.5. The van der Waals surface area contributed by atoms with Gasteiger partial charge in [0.05, 0.1) is 23.9 Å². The van der Waals surface area contributed by atoms with Gasteiger partial charge in [-0.25, -0.2) is 14.5 Å². The second kappa shape index (κ2) is 6.69. The average Bonchev–Trinajstić information content (AvgIpc) is 3.40. The van der Waals surface area contributed by atoms with Crippen molar-refractivity contribution in [3.63, 3.8) is 0 Å². The minimum Gasteiger partial charge on any atom is -0.480 e. The molecular formula is C17H17ClN4O4. The number of aromatic nitrogens is 3. The zero-order valence-corrected chi connectivity index (χ0v) is 14.6. The van der Waals surface area contributed by atoms with Crippen molar-refractivity contribution in [2.75, 3.05) is 19.8 Å². The second-order valence-electron chi connectivity index (χ2n) is 6.36. The summed E-state index contributed by atoms with van der Waals surface area (Å²) in [6.45, 7) is 0.438. The summed E-state index contributed by atoms with van der Waals surface area (Å²) in [5.41, 5.74) is 0.652. The van der Waals surface area contributed by atoms with E-state index < -0.39 is 17.9 Å². The maximum atomic E-state index is 12.9. The van der Waals surface area contributed by atoms with Gasteiger partial charge >= 0.3 is 5.97 Å². The highest BCUT2D eigenvalue weighted by Gasteiger charge is 2.37. The predicted octanol–water partition coefficient (Wildman–Crippen LogP) is 1.72. The summed E-state index contributed by atoms with van der Waals surface area (Å²) in [7, 11) is 0. The van der Waals surface area contributed by atoms with E-state index in [-0.39, 0.29) is 31.5 Å². The van der Waals surface area contributed by atoms with Crippen molar-refractivity contribution in [2.45, 2.75) is 24.8 Å². The molecule has 1 aromatic heterocycles. The molecule has 2 fully saturated rings. The third-order valence-corrected chi connectivity index (χ3v) is 4.84. The number of aliphatic carboxylic acids is 1. The third-order valence-electron chi connectivity index (χ3n) is 4.52. The summed E-state index contributed by atoms with van der Waals surface area (Å²) < 4.78 is 6.78. The molecule has 0 radical (unpaired) electrons. The standard InChI is InChI=1S/C17H17ClN4O4/c18-11-3-1-2-4-12(11)22-15(10-5-6-10)19-14(20-22)16(23)21-7-8-26-9-13(21)17(24)25/h1-4,10,13H,5-9H2,(H,24,25)/t13-/m0/s1. The molecule has 8 nitrogen and oxygen atoms in total. The van der Waals surface area contributed by atoms with Crippen LogP contribution in [0, 0.1) is 0 Å². The lowest BCUT2D eigenvalue weighted by atomic mass is 10.2. The molecule has 1 atom stereocenters. The van der Waals surface area contributed by atoms with Crippen molar-refractivity contribution in [2.24, 2.45) is 0 Å². The second-order valence-corrected chi connectivity index (χ2v) is 6.77. The highest BCUT2D eigenvalue weighted by Crippen LogP contribution is 2.40. The van der Waals surface area contributed by atoms with Gasteiger partial charge in [-0.3, -0.25) is 4.79 Å². The Kier molecular flexibility index (Phi) is 4.37. The summed E-state index contributed by atoms with van der Waals surface area (Å²) in [6, 6.07) is 6.18. The van der Waals surface area contributed by atoms with E-state index >= 15 is 0 Å². The molecule has 2 heterocycles. The minimum atomic E-state index is -1.11. The zero-order valence-electron chi connectivity index (χ0n) is 13.8. The Balaban J connectivity index is 1.71. The molecular weight excluding hydrogens is 360 g/mol. The topological polar surface area (TPSA) is 97.5 Å². The van der Waals surface area contributed by atoms with Gasteiger partial charge in [0, 0.05) is 12.5 Å². The van der Waals surface area contributed by atoms with Gasteiger partial charge in [-0.1, -0.05) is 23.7 Å². The Morgan fingerprint density at radius 3 is 2.73 bits per heavy atom. The van der Waals surface area contributed by atoms with Crippen LogP contribution in [0.3, 0.4) is 0 Å². The van der Waals surface area contributed by atoms with Crippen LogP contribution in [0.4, 0.5) is 0 Å². The Morgan fingerprint density at radius 1 is 1.27 bits per heavy atom. The molecule has 1 saturated heterocycles. The van der Waals surface area contributed by atoms with Crippen molar-refractivity contribution in [1.29, 1.82) is 0 Å². The molecule has 0 unspecified atom stereocenters. The SMILES string of the molecule is O=C(O)[C@@H]1COCCN1C(=O)c1nc(C2CC2)n(-c2ccccc2Cl)n1. The van der Waals surface area contributed by atoms with Gasteiger partial charge in [-0.15, -0.1) is 5.10 Å². The van der Waals surface area contributed by atoms with E-state index in [2.05, 4.69) is 10.1 Å². The molecule has 1 aromatic carbocycles. The van der Waals surface area contributed by atoms with Crippen molar-refractivity contribution in [3.05, 3.63) is 40.9 Å². The molecule has 0 spiro atoms. The molecule has 2 aliphatic rings. The number of benzene rings is 1. The first-order valence-corrected chi connectivity index (χ1v) is 8.77. The fraction of sp³-hybridized carbons (Fsp3) is 0.412. The monoisotopic (exact) mass is 376 g/mol. The summed E-state index contributed by atoms with van der Waals surface area (Å²) >= 11 is 6.28.